The lowest BCUT2D eigenvalue weighted by Crippen LogP contribution is -2.52. The summed E-state index contributed by atoms with van der Waals surface area (Å²) in [4.78, 5) is 14.3. The highest BCUT2D eigenvalue weighted by Crippen LogP contribution is 2.17. The number of nitrogens with one attached hydrogen (secondary N) is 1. The number of amides is 1. The minimum atomic E-state index is 0.0737. The zero-order valence-electron chi connectivity index (χ0n) is 10.2. The molecule has 1 aliphatic heterocycles. The standard InChI is InChI=1S/C13H17ClN2O/c1-9-5-11(7-12(14)6-9)13(17)16-4-3-15-8-10(16)2/h5-7,10,15H,3-4,8H2,1-2H3/t10-/m0/s1. The molecule has 17 heavy (non-hydrogen) atoms. The number of halogens is 1. The van der Waals surface area contributed by atoms with Gasteiger partial charge in [0.1, 0.15) is 0 Å². The highest BCUT2D eigenvalue weighted by molar-refractivity contribution is 6.31. The smallest absolute Gasteiger partial charge is 0.254 e. The number of carbonyl (C=O) groups is 1. The average molecular weight is 253 g/mol. The highest BCUT2D eigenvalue weighted by atomic mass is 35.5. The molecule has 1 atom stereocenters. The van der Waals surface area contributed by atoms with Crippen LogP contribution in [0.1, 0.15) is 22.8 Å². The number of hydrogen-bond acceptors (Lipinski definition) is 2. The summed E-state index contributed by atoms with van der Waals surface area (Å²) in [5, 5.41) is 3.90. The summed E-state index contributed by atoms with van der Waals surface area (Å²) in [6.07, 6.45) is 0. The third-order valence-corrected chi connectivity index (χ3v) is 3.27. The maximum absolute atomic E-state index is 12.4. The summed E-state index contributed by atoms with van der Waals surface area (Å²) in [7, 11) is 0. The molecule has 0 radical (unpaired) electrons. The second-order valence-corrected chi connectivity index (χ2v) is 5.01. The summed E-state index contributed by atoms with van der Waals surface area (Å²) in [6.45, 7) is 6.47. The summed E-state index contributed by atoms with van der Waals surface area (Å²) < 4.78 is 0. The number of rotatable bonds is 1. The Morgan fingerprint density at radius 3 is 2.88 bits per heavy atom. The lowest BCUT2D eigenvalue weighted by molar-refractivity contribution is 0.0655. The number of piperazine rings is 1. The van der Waals surface area contributed by atoms with E-state index in [1.807, 2.05) is 24.0 Å². The average Bonchev–Trinajstić information content (AvgIpc) is 2.27. The summed E-state index contributed by atoms with van der Waals surface area (Å²) in [5.74, 6) is 0.0737. The van der Waals surface area contributed by atoms with Crippen molar-refractivity contribution in [3.05, 3.63) is 34.3 Å². The third-order valence-electron chi connectivity index (χ3n) is 3.05. The van der Waals surface area contributed by atoms with E-state index >= 15 is 0 Å². The van der Waals surface area contributed by atoms with Crippen molar-refractivity contribution in [1.29, 1.82) is 0 Å². The van der Waals surface area contributed by atoms with Crippen LogP contribution in [0.25, 0.3) is 0 Å². The van der Waals surface area contributed by atoms with Crippen molar-refractivity contribution in [1.82, 2.24) is 10.2 Å². The van der Waals surface area contributed by atoms with Gasteiger partial charge in [0.05, 0.1) is 0 Å². The van der Waals surface area contributed by atoms with Crippen molar-refractivity contribution in [2.24, 2.45) is 0 Å². The van der Waals surface area contributed by atoms with Gasteiger partial charge in [0.15, 0.2) is 0 Å². The molecule has 0 unspecified atom stereocenters. The van der Waals surface area contributed by atoms with Gasteiger partial charge in [-0.25, -0.2) is 0 Å². The van der Waals surface area contributed by atoms with Crippen molar-refractivity contribution >= 4 is 17.5 Å². The fourth-order valence-corrected chi connectivity index (χ4v) is 2.46. The minimum absolute atomic E-state index is 0.0737. The zero-order chi connectivity index (χ0) is 12.4. The van der Waals surface area contributed by atoms with Gasteiger partial charge in [-0.1, -0.05) is 11.6 Å². The number of hydrogen-bond donors (Lipinski definition) is 1. The zero-order valence-corrected chi connectivity index (χ0v) is 10.9. The van der Waals surface area contributed by atoms with E-state index in [0.29, 0.717) is 10.6 Å². The Bertz CT molecular complexity index is 413. The minimum Gasteiger partial charge on any atom is -0.333 e. The van der Waals surface area contributed by atoms with Crippen LogP contribution in [-0.2, 0) is 0 Å². The summed E-state index contributed by atoms with van der Waals surface area (Å²) in [5.41, 5.74) is 1.70. The molecule has 0 aromatic heterocycles. The Labute approximate surface area is 107 Å². The molecule has 3 nitrogen and oxygen atoms in total. The molecular formula is C13H17ClN2O. The summed E-state index contributed by atoms with van der Waals surface area (Å²) in [6, 6.07) is 5.73. The fourth-order valence-electron chi connectivity index (χ4n) is 2.17. The van der Waals surface area contributed by atoms with E-state index in [9.17, 15) is 4.79 Å². The van der Waals surface area contributed by atoms with Crippen molar-refractivity contribution in [3.8, 4) is 0 Å². The molecule has 2 rings (SSSR count). The maximum atomic E-state index is 12.4. The van der Waals surface area contributed by atoms with Crippen LogP contribution in [0.4, 0.5) is 0 Å². The molecule has 1 aromatic rings. The molecule has 0 spiro atoms. The first-order valence-corrected chi connectivity index (χ1v) is 6.24. The van der Waals surface area contributed by atoms with Gasteiger partial charge in [-0.3, -0.25) is 4.79 Å². The predicted molar refractivity (Wildman–Crippen MR) is 69.6 cm³/mol. The molecule has 4 heteroatoms. The van der Waals surface area contributed by atoms with Crippen molar-refractivity contribution < 1.29 is 4.79 Å². The summed E-state index contributed by atoms with van der Waals surface area (Å²) >= 11 is 5.99. The van der Waals surface area contributed by atoms with E-state index in [1.165, 1.54) is 0 Å². The predicted octanol–water partition coefficient (Wildman–Crippen LogP) is 2.08. The van der Waals surface area contributed by atoms with Gasteiger partial charge in [0, 0.05) is 36.3 Å². The van der Waals surface area contributed by atoms with Gasteiger partial charge in [-0.2, -0.15) is 0 Å². The van der Waals surface area contributed by atoms with E-state index in [-0.39, 0.29) is 11.9 Å². The number of nitrogens with zero attached hydrogens (tertiary/aromatic N) is 1. The molecule has 0 bridgehead atoms. The van der Waals surface area contributed by atoms with Gasteiger partial charge in [0.2, 0.25) is 0 Å². The quantitative estimate of drug-likeness (QED) is 0.830. The second-order valence-electron chi connectivity index (χ2n) is 4.57. The lowest BCUT2D eigenvalue weighted by Gasteiger charge is -2.34. The molecule has 92 valence electrons. The Morgan fingerprint density at radius 2 is 2.24 bits per heavy atom. The monoisotopic (exact) mass is 252 g/mol. The largest absolute Gasteiger partial charge is 0.333 e. The number of benzene rings is 1. The molecule has 1 heterocycles. The van der Waals surface area contributed by atoms with Crippen LogP contribution in [0.3, 0.4) is 0 Å². The third kappa shape index (κ3) is 2.79. The number of aryl methyl sites for hydroxylation is 1. The van der Waals surface area contributed by atoms with Gasteiger partial charge in [-0.05, 0) is 37.6 Å². The highest BCUT2D eigenvalue weighted by Gasteiger charge is 2.24. The Hall–Kier alpha value is -1.06. The molecule has 1 saturated heterocycles. The Morgan fingerprint density at radius 1 is 1.47 bits per heavy atom. The van der Waals surface area contributed by atoms with Gasteiger partial charge < -0.3 is 10.2 Å². The van der Waals surface area contributed by atoms with Crippen LogP contribution in [0.5, 0.6) is 0 Å². The van der Waals surface area contributed by atoms with Crippen LogP contribution >= 0.6 is 11.6 Å². The van der Waals surface area contributed by atoms with E-state index in [4.69, 9.17) is 11.6 Å². The van der Waals surface area contributed by atoms with Crippen molar-refractivity contribution in [2.45, 2.75) is 19.9 Å². The van der Waals surface area contributed by atoms with Crippen molar-refractivity contribution in [2.75, 3.05) is 19.6 Å². The second kappa shape index (κ2) is 5.07. The SMILES string of the molecule is Cc1cc(Cl)cc(C(=O)N2CCNC[C@@H]2C)c1. The first-order valence-electron chi connectivity index (χ1n) is 5.87. The van der Waals surface area contributed by atoms with Gasteiger partial charge in [-0.15, -0.1) is 0 Å². The normalized spacial score (nSPS) is 20.4. The molecule has 1 amide bonds. The van der Waals surface area contributed by atoms with Gasteiger partial charge >= 0.3 is 0 Å². The molecule has 0 saturated carbocycles. The molecule has 0 aliphatic carbocycles. The van der Waals surface area contributed by atoms with E-state index in [2.05, 4.69) is 12.2 Å². The van der Waals surface area contributed by atoms with Crippen LogP contribution in [0.2, 0.25) is 5.02 Å². The number of carbonyl (C=O) groups excluding carboxylic acids is 1. The molecular weight excluding hydrogens is 236 g/mol. The Balaban J connectivity index is 2.23. The molecule has 1 N–H and O–H groups in total. The van der Waals surface area contributed by atoms with E-state index in [0.717, 1.165) is 25.2 Å². The topological polar surface area (TPSA) is 32.3 Å². The molecule has 1 fully saturated rings. The van der Waals surface area contributed by atoms with E-state index < -0.39 is 0 Å². The first-order chi connectivity index (χ1) is 8.08. The van der Waals surface area contributed by atoms with Crippen LogP contribution in [0, 0.1) is 6.92 Å². The van der Waals surface area contributed by atoms with Crippen molar-refractivity contribution in [3.63, 3.8) is 0 Å². The van der Waals surface area contributed by atoms with Crippen LogP contribution < -0.4 is 5.32 Å². The lowest BCUT2D eigenvalue weighted by atomic mass is 10.1. The first kappa shape index (κ1) is 12.4. The Kier molecular flexibility index (Phi) is 3.69. The molecule has 1 aliphatic rings. The van der Waals surface area contributed by atoms with Gasteiger partial charge in [0.25, 0.3) is 5.91 Å². The van der Waals surface area contributed by atoms with Crippen LogP contribution in [0.15, 0.2) is 18.2 Å². The fraction of sp³-hybridized carbons (Fsp3) is 0.462. The van der Waals surface area contributed by atoms with Crippen LogP contribution in [-0.4, -0.2) is 36.5 Å². The van der Waals surface area contributed by atoms with E-state index in [1.54, 1.807) is 6.07 Å². The molecule has 1 aromatic carbocycles. The maximum Gasteiger partial charge on any atom is 0.254 e.